The molecule has 1 heteroatoms. The van der Waals surface area contributed by atoms with E-state index in [1.165, 1.54) is 16.7 Å². The first kappa shape index (κ1) is 15.2. The topological polar surface area (TPSA) is 20.2 Å². The molecule has 0 aliphatic rings. The van der Waals surface area contributed by atoms with Crippen LogP contribution in [0.15, 0.2) is 34.9 Å². The van der Waals surface area contributed by atoms with Gasteiger partial charge in [0.1, 0.15) is 0 Å². The molecule has 16 heavy (non-hydrogen) atoms. The molecule has 0 radical (unpaired) electrons. The Bertz CT molecular complexity index is 278. The molecule has 0 bridgehead atoms. The molecule has 0 aliphatic heterocycles. The van der Waals surface area contributed by atoms with Crippen LogP contribution in [0, 0.1) is 0 Å². The Labute approximate surface area is 101 Å². The van der Waals surface area contributed by atoms with Crippen LogP contribution >= 0.6 is 0 Å². The maximum absolute atomic E-state index is 9.80. The van der Waals surface area contributed by atoms with Crippen molar-refractivity contribution in [3.8, 4) is 0 Å². The molecule has 0 saturated carbocycles. The molecule has 0 spiro atoms. The SMILES string of the molecule is CC=C(C)CC(O)C=C(C)CCC=C(C)C. The predicted molar refractivity (Wildman–Crippen MR) is 72.5 cm³/mol. The van der Waals surface area contributed by atoms with E-state index in [0.717, 1.165) is 19.3 Å². The zero-order valence-corrected chi connectivity index (χ0v) is 11.4. The summed E-state index contributed by atoms with van der Waals surface area (Å²) in [7, 11) is 0. The smallest absolute Gasteiger partial charge is 0.0760 e. The number of aliphatic hydroxyl groups excluding tert-OH is 1. The largest absolute Gasteiger partial charge is 0.389 e. The lowest BCUT2D eigenvalue weighted by Crippen LogP contribution is -2.03. The lowest BCUT2D eigenvalue weighted by atomic mass is 10.0. The van der Waals surface area contributed by atoms with Gasteiger partial charge in [0.25, 0.3) is 0 Å². The van der Waals surface area contributed by atoms with Crippen molar-refractivity contribution in [1.29, 1.82) is 0 Å². The quantitative estimate of drug-likeness (QED) is 0.661. The summed E-state index contributed by atoms with van der Waals surface area (Å²) in [4.78, 5) is 0. The minimum absolute atomic E-state index is 0.331. The number of aliphatic hydroxyl groups is 1. The van der Waals surface area contributed by atoms with Crippen LogP contribution in [0.5, 0.6) is 0 Å². The fraction of sp³-hybridized carbons (Fsp3) is 0.600. The Morgan fingerprint density at radius 2 is 1.75 bits per heavy atom. The van der Waals surface area contributed by atoms with Crippen molar-refractivity contribution in [2.75, 3.05) is 0 Å². The molecule has 1 nitrogen and oxygen atoms in total. The molecule has 1 N–H and O–H groups in total. The van der Waals surface area contributed by atoms with Crippen LogP contribution in [-0.4, -0.2) is 11.2 Å². The van der Waals surface area contributed by atoms with Gasteiger partial charge in [-0.3, -0.25) is 0 Å². The number of rotatable bonds is 6. The highest BCUT2D eigenvalue weighted by Crippen LogP contribution is 2.11. The average Bonchev–Trinajstić information content (AvgIpc) is 2.16. The molecular weight excluding hydrogens is 196 g/mol. The highest BCUT2D eigenvalue weighted by Gasteiger charge is 2.01. The van der Waals surface area contributed by atoms with Gasteiger partial charge in [-0.25, -0.2) is 0 Å². The Hall–Kier alpha value is -0.820. The van der Waals surface area contributed by atoms with Crippen molar-refractivity contribution in [2.24, 2.45) is 0 Å². The van der Waals surface area contributed by atoms with Crippen molar-refractivity contribution in [3.05, 3.63) is 34.9 Å². The van der Waals surface area contributed by atoms with E-state index < -0.39 is 0 Å². The van der Waals surface area contributed by atoms with E-state index >= 15 is 0 Å². The fourth-order valence-electron chi connectivity index (χ4n) is 1.51. The van der Waals surface area contributed by atoms with Crippen molar-refractivity contribution in [1.82, 2.24) is 0 Å². The number of hydrogen-bond acceptors (Lipinski definition) is 1. The first-order chi connectivity index (χ1) is 7.45. The molecule has 1 unspecified atom stereocenters. The van der Waals surface area contributed by atoms with E-state index in [0.29, 0.717) is 0 Å². The fourth-order valence-corrected chi connectivity index (χ4v) is 1.51. The van der Waals surface area contributed by atoms with Crippen LogP contribution < -0.4 is 0 Å². The predicted octanol–water partition coefficient (Wildman–Crippen LogP) is 4.40. The molecule has 92 valence electrons. The molecule has 0 aromatic heterocycles. The van der Waals surface area contributed by atoms with Gasteiger partial charge in [-0.1, -0.05) is 34.9 Å². The lowest BCUT2D eigenvalue weighted by Gasteiger charge is -2.07. The highest BCUT2D eigenvalue weighted by molar-refractivity contribution is 5.08. The molecule has 0 amide bonds. The Kier molecular flexibility index (Phi) is 7.92. The van der Waals surface area contributed by atoms with Gasteiger partial charge in [-0.15, -0.1) is 0 Å². The zero-order valence-electron chi connectivity index (χ0n) is 11.4. The highest BCUT2D eigenvalue weighted by atomic mass is 16.3. The summed E-state index contributed by atoms with van der Waals surface area (Å²) in [6.45, 7) is 10.4. The van der Waals surface area contributed by atoms with Gasteiger partial charge in [-0.2, -0.15) is 0 Å². The average molecular weight is 222 g/mol. The summed E-state index contributed by atoms with van der Waals surface area (Å²) in [5.41, 5.74) is 3.87. The first-order valence-corrected chi connectivity index (χ1v) is 6.06. The van der Waals surface area contributed by atoms with E-state index in [1.807, 2.05) is 13.0 Å². The van der Waals surface area contributed by atoms with E-state index in [9.17, 15) is 5.11 Å². The molecule has 0 aliphatic carbocycles. The van der Waals surface area contributed by atoms with Crippen LogP contribution in [0.25, 0.3) is 0 Å². The molecule has 0 rings (SSSR count). The van der Waals surface area contributed by atoms with Crippen LogP contribution in [0.3, 0.4) is 0 Å². The van der Waals surface area contributed by atoms with Gasteiger partial charge in [-0.05, 0) is 53.9 Å². The second-order valence-electron chi connectivity index (χ2n) is 4.74. The molecule has 0 heterocycles. The standard InChI is InChI=1S/C15H26O/c1-6-13(4)10-15(16)11-14(5)9-7-8-12(2)3/h6,8,11,15-16H,7,9-10H2,1-5H3. The molecular formula is C15H26O. The minimum atomic E-state index is -0.331. The monoisotopic (exact) mass is 222 g/mol. The maximum Gasteiger partial charge on any atom is 0.0760 e. The van der Waals surface area contributed by atoms with Gasteiger partial charge in [0, 0.05) is 0 Å². The van der Waals surface area contributed by atoms with Crippen molar-refractivity contribution >= 4 is 0 Å². The van der Waals surface area contributed by atoms with Gasteiger partial charge < -0.3 is 5.11 Å². The van der Waals surface area contributed by atoms with Crippen LogP contribution in [-0.2, 0) is 0 Å². The van der Waals surface area contributed by atoms with Crippen LogP contribution in [0.1, 0.15) is 53.9 Å². The Morgan fingerprint density at radius 3 is 2.25 bits per heavy atom. The Morgan fingerprint density at radius 1 is 1.12 bits per heavy atom. The van der Waals surface area contributed by atoms with E-state index in [4.69, 9.17) is 0 Å². The van der Waals surface area contributed by atoms with E-state index in [2.05, 4.69) is 39.8 Å². The van der Waals surface area contributed by atoms with E-state index in [-0.39, 0.29) is 6.10 Å². The number of hydrogen-bond donors (Lipinski definition) is 1. The third-order valence-corrected chi connectivity index (χ3v) is 2.59. The number of allylic oxidation sites excluding steroid dienone is 4. The van der Waals surface area contributed by atoms with Crippen LogP contribution in [0.4, 0.5) is 0 Å². The van der Waals surface area contributed by atoms with Gasteiger partial charge in [0.05, 0.1) is 6.10 Å². The Balaban J connectivity index is 4.06. The van der Waals surface area contributed by atoms with Crippen molar-refractivity contribution in [2.45, 2.75) is 60.0 Å². The third kappa shape index (κ3) is 8.49. The molecule has 0 saturated heterocycles. The zero-order chi connectivity index (χ0) is 12.6. The molecule has 0 aromatic rings. The van der Waals surface area contributed by atoms with Crippen LogP contribution in [0.2, 0.25) is 0 Å². The third-order valence-electron chi connectivity index (χ3n) is 2.59. The molecule has 0 fully saturated rings. The normalized spacial score (nSPS) is 14.9. The molecule has 1 atom stereocenters. The van der Waals surface area contributed by atoms with Gasteiger partial charge in [0.15, 0.2) is 0 Å². The summed E-state index contributed by atoms with van der Waals surface area (Å²) in [6.07, 6.45) is 8.79. The van der Waals surface area contributed by atoms with Crippen molar-refractivity contribution < 1.29 is 5.11 Å². The lowest BCUT2D eigenvalue weighted by molar-refractivity contribution is 0.222. The van der Waals surface area contributed by atoms with Gasteiger partial charge in [0.2, 0.25) is 0 Å². The summed E-state index contributed by atoms with van der Waals surface area (Å²) in [5.74, 6) is 0. The maximum atomic E-state index is 9.80. The second kappa shape index (κ2) is 8.35. The van der Waals surface area contributed by atoms with Gasteiger partial charge >= 0.3 is 0 Å². The summed E-state index contributed by atoms with van der Waals surface area (Å²) in [5, 5.41) is 9.80. The summed E-state index contributed by atoms with van der Waals surface area (Å²) in [6, 6.07) is 0. The summed E-state index contributed by atoms with van der Waals surface area (Å²) >= 11 is 0. The van der Waals surface area contributed by atoms with E-state index in [1.54, 1.807) is 0 Å². The summed E-state index contributed by atoms with van der Waals surface area (Å²) < 4.78 is 0. The molecule has 0 aromatic carbocycles. The minimum Gasteiger partial charge on any atom is -0.389 e. The second-order valence-corrected chi connectivity index (χ2v) is 4.74. The van der Waals surface area contributed by atoms with Crippen molar-refractivity contribution in [3.63, 3.8) is 0 Å². The first-order valence-electron chi connectivity index (χ1n) is 6.06.